The van der Waals surface area contributed by atoms with Crippen molar-refractivity contribution in [2.45, 2.75) is 45.1 Å². The lowest BCUT2D eigenvalue weighted by Crippen LogP contribution is -2.42. The number of carbonyl (C=O) groups is 1. The summed E-state index contributed by atoms with van der Waals surface area (Å²) in [6.07, 6.45) is 5.64. The van der Waals surface area contributed by atoms with Crippen molar-refractivity contribution in [2.75, 3.05) is 27.2 Å². The van der Waals surface area contributed by atoms with Crippen molar-refractivity contribution >= 4 is 5.91 Å². The van der Waals surface area contributed by atoms with Crippen LogP contribution in [-0.2, 0) is 4.79 Å². The first-order chi connectivity index (χ1) is 7.15. The lowest BCUT2D eigenvalue weighted by Gasteiger charge is -2.30. The Labute approximate surface area is 93.4 Å². The highest BCUT2D eigenvalue weighted by Crippen LogP contribution is 2.23. The summed E-state index contributed by atoms with van der Waals surface area (Å²) in [6.45, 7) is 3.83. The molecule has 15 heavy (non-hydrogen) atoms. The average Bonchev–Trinajstić information content (AvgIpc) is 2.70. The van der Waals surface area contributed by atoms with E-state index in [-0.39, 0.29) is 0 Å². The number of rotatable bonds is 5. The normalized spacial score (nSPS) is 17.3. The summed E-state index contributed by atoms with van der Waals surface area (Å²) in [5.41, 5.74) is 0. The van der Waals surface area contributed by atoms with Gasteiger partial charge >= 0.3 is 0 Å². The highest BCUT2D eigenvalue weighted by molar-refractivity contribution is 5.76. The van der Waals surface area contributed by atoms with Crippen molar-refractivity contribution < 1.29 is 4.79 Å². The number of nitrogens with zero attached hydrogens (tertiary/aromatic N) is 2. The van der Waals surface area contributed by atoms with Gasteiger partial charge in [-0.05, 0) is 26.9 Å². The molecule has 3 heteroatoms. The van der Waals surface area contributed by atoms with Crippen LogP contribution in [0.5, 0.6) is 0 Å². The van der Waals surface area contributed by atoms with Crippen molar-refractivity contribution in [1.29, 1.82) is 0 Å². The molecule has 0 aromatic rings. The molecule has 3 nitrogen and oxygen atoms in total. The fraction of sp³-hybridized carbons (Fsp3) is 0.917. The minimum Gasteiger partial charge on any atom is -0.338 e. The standard InChI is InChI=1S/C12H24N2O/c1-4-12(15)14(10-9-13(2)3)11-7-5-6-8-11/h11H,4-10H2,1-3H3. The van der Waals surface area contributed by atoms with Crippen LogP contribution in [0.3, 0.4) is 0 Å². The van der Waals surface area contributed by atoms with Crippen molar-refractivity contribution in [3.05, 3.63) is 0 Å². The van der Waals surface area contributed by atoms with E-state index in [9.17, 15) is 4.79 Å². The molecule has 1 fully saturated rings. The minimum absolute atomic E-state index is 0.323. The number of amides is 1. The molecule has 1 amide bonds. The second kappa shape index (κ2) is 6.11. The molecule has 1 saturated carbocycles. The van der Waals surface area contributed by atoms with E-state index in [0.29, 0.717) is 18.4 Å². The van der Waals surface area contributed by atoms with E-state index in [0.717, 1.165) is 13.1 Å². The molecule has 1 aliphatic carbocycles. The first-order valence-corrected chi connectivity index (χ1v) is 6.09. The maximum atomic E-state index is 11.8. The summed E-state index contributed by atoms with van der Waals surface area (Å²) in [6, 6.07) is 0.525. The summed E-state index contributed by atoms with van der Waals surface area (Å²) < 4.78 is 0. The van der Waals surface area contributed by atoms with E-state index in [1.54, 1.807) is 0 Å². The molecule has 0 aliphatic heterocycles. The SMILES string of the molecule is CCC(=O)N(CCN(C)C)C1CCCC1. The van der Waals surface area contributed by atoms with Gasteiger partial charge < -0.3 is 9.80 Å². The largest absolute Gasteiger partial charge is 0.338 e. The summed E-state index contributed by atoms with van der Waals surface area (Å²) in [5.74, 6) is 0.323. The van der Waals surface area contributed by atoms with Crippen molar-refractivity contribution in [2.24, 2.45) is 0 Å². The van der Waals surface area contributed by atoms with Gasteiger partial charge in [-0.1, -0.05) is 19.8 Å². The Hall–Kier alpha value is -0.570. The maximum Gasteiger partial charge on any atom is 0.222 e. The molecule has 0 aromatic heterocycles. The van der Waals surface area contributed by atoms with Crippen LogP contribution >= 0.6 is 0 Å². The van der Waals surface area contributed by atoms with E-state index in [2.05, 4.69) is 23.9 Å². The fourth-order valence-electron chi connectivity index (χ4n) is 2.24. The molecule has 0 aromatic carbocycles. The number of carbonyl (C=O) groups excluding carboxylic acids is 1. The van der Waals surface area contributed by atoms with Gasteiger partial charge in [0.05, 0.1) is 0 Å². The lowest BCUT2D eigenvalue weighted by molar-refractivity contribution is -0.133. The predicted octanol–water partition coefficient (Wildman–Crippen LogP) is 1.73. The summed E-state index contributed by atoms with van der Waals surface area (Å²) in [7, 11) is 4.12. The van der Waals surface area contributed by atoms with E-state index >= 15 is 0 Å². The van der Waals surface area contributed by atoms with Crippen LogP contribution in [0.1, 0.15) is 39.0 Å². The van der Waals surface area contributed by atoms with Gasteiger partial charge in [-0.15, -0.1) is 0 Å². The third kappa shape index (κ3) is 3.82. The first-order valence-electron chi connectivity index (χ1n) is 6.09. The van der Waals surface area contributed by atoms with Gasteiger partial charge in [0.15, 0.2) is 0 Å². The van der Waals surface area contributed by atoms with Gasteiger partial charge in [0, 0.05) is 25.6 Å². The lowest BCUT2D eigenvalue weighted by atomic mass is 10.2. The fourth-order valence-corrected chi connectivity index (χ4v) is 2.24. The second-order valence-corrected chi connectivity index (χ2v) is 4.68. The van der Waals surface area contributed by atoms with Gasteiger partial charge in [0.25, 0.3) is 0 Å². The van der Waals surface area contributed by atoms with Crippen LogP contribution in [-0.4, -0.2) is 48.9 Å². The molecule has 88 valence electrons. The summed E-state index contributed by atoms with van der Waals surface area (Å²) >= 11 is 0. The van der Waals surface area contributed by atoms with Crippen LogP contribution < -0.4 is 0 Å². The van der Waals surface area contributed by atoms with E-state index < -0.39 is 0 Å². The first kappa shape index (κ1) is 12.5. The molecular formula is C12H24N2O. The van der Waals surface area contributed by atoms with Crippen LogP contribution in [0.4, 0.5) is 0 Å². The molecule has 0 unspecified atom stereocenters. The molecule has 1 rings (SSSR count). The van der Waals surface area contributed by atoms with Crippen molar-refractivity contribution in [3.63, 3.8) is 0 Å². The zero-order valence-corrected chi connectivity index (χ0v) is 10.3. The topological polar surface area (TPSA) is 23.6 Å². The van der Waals surface area contributed by atoms with Crippen LogP contribution in [0, 0.1) is 0 Å². The third-order valence-electron chi connectivity index (χ3n) is 3.18. The Morgan fingerprint density at radius 3 is 2.27 bits per heavy atom. The van der Waals surface area contributed by atoms with E-state index in [4.69, 9.17) is 0 Å². The molecule has 0 N–H and O–H groups in total. The smallest absolute Gasteiger partial charge is 0.222 e. The molecule has 0 bridgehead atoms. The van der Waals surface area contributed by atoms with Crippen LogP contribution in [0.2, 0.25) is 0 Å². The Kier molecular flexibility index (Phi) is 5.09. The number of hydrogen-bond acceptors (Lipinski definition) is 2. The molecule has 0 radical (unpaired) electrons. The van der Waals surface area contributed by atoms with Crippen molar-refractivity contribution in [1.82, 2.24) is 9.80 Å². The molecule has 0 saturated heterocycles. The maximum absolute atomic E-state index is 11.8. The Morgan fingerprint density at radius 2 is 1.80 bits per heavy atom. The Bertz CT molecular complexity index is 198. The molecule has 0 spiro atoms. The number of likely N-dealkylation sites (N-methyl/N-ethyl adjacent to an activating group) is 1. The molecular weight excluding hydrogens is 188 g/mol. The number of hydrogen-bond donors (Lipinski definition) is 0. The summed E-state index contributed by atoms with van der Waals surface area (Å²) in [4.78, 5) is 16.1. The van der Waals surface area contributed by atoms with Crippen LogP contribution in [0.25, 0.3) is 0 Å². The van der Waals surface area contributed by atoms with Crippen LogP contribution in [0.15, 0.2) is 0 Å². The zero-order valence-electron chi connectivity index (χ0n) is 10.3. The quantitative estimate of drug-likeness (QED) is 0.693. The predicted molar refractivity (Wildman–Crippen MR) is 62.8 cm³/mol. The van der Waals surface area contributed by atoms with Gasteiger partial charge in [0.2, 0.25) is 5.91 Å². The highest BCUT2D eigenvalue weighted by atomic mass is 16.2. The molecule has 1 aliphatic rings. The van der Waals surface area contributed by atoms with Crippen molar-refractivity contribution in [3.8, 4) is 0 Å². The molecule has 0 heterocycles. The molecule has 0 atom stereocenters. The van der Waals surface area contributed by atoms with E-state index in [1.165, 1.54) is 25.7 Å². The monoisotopic (exact) mass is 212 g/mol. The average molecular weight is 212 g/mol. The minimum atomic E-state index is 0.323. The zero-order chi connectivity index (χ0) is 11.3. The van der Waals surface area contributed by atoms with Gasteiger partial charge in [-0.25, -0.2) is 0 Å². The Morgan fingerprint density at radius 1 is 1.20 bits per heavy atom. The Balaban J connectivity index is 2.48. The summed E-state index contributed by atoms with van der Waals surface area (Å²) in [5, 5.41) is 0. The van der Waals surface area contributed by atoms with E-state index in [1.807, 2.05) is 6.92 Å². The van der Waals surface area contributed by atoms with Gasteiger partial charge in [-0.3, -0.25) is 4.79 Å². The highest BCUT2D eigenvalue weighted by Gasteiger charge is 2.25. The third-order valence-corrected chi connectivity index (χ3v) is 3.18. The second-order valence-electron chi connectivity index (χ2n) is 4.68. The van der Waals surface area contributed by atoms with Gasteiger partial charge in [0.1, 0.15) is 0 Å². The van der Waals surface area contributed by atoms with Gasteiger partial charge in [-0.2, -0.15) is 0 Å².